The van der Waals surface area contributed by atoms with E-state index in [1.165, 1.54) is 24.3 Å². The highest BCUT2D eigenvalue weighted by Gasteiger charge is 2.23. The Labute approximate surface area is 261 Å². The summed E-state index contributed by atoms with van der Waals surface area (Å²) in [6.07, 6.45) is 0. The molecule has 0 saturated carbocycles. The van der Waals surface area contributed by atoms with Crippen molar-refractivity contribution in [3.05, 3.63) is 155 Å². The van der Waals surface area contributed by atoms with E-state index in [2.05, 4.69) is 10.6 Å². The van der Waals surface area contributed by atoms with Gasteiger partial charge in [0.2, 0.25) is 0 Å². The highest BCUT2D eigenvalue weighted by Crippen LogP contribution is 2.27. The van der Waals surface area contributed by atoms with Crippen LogP contribution in [0.25, 0.3) is 21.5 Å². The Bertz CT molecular complexity index is 2070. The number of benzene rings is 6. The lowest BCUT2D eigenvalue weighted by molar-refractivity contribution is 0.0683. The smallest absolute Gasteiger partial charge is 0.336 e. The van der Waals surface area contributed by atoms with Crippen LogP contribution in [0.2, 0.25) is 0 Å². The molecule has 224 valence electrons. The summed E-state index contributed by atoms with van der Waals surface area (Å²) >= 11 is 0. The van der Waals surface area contributed by atoms with Crippen LogP contribution in [0.4, 0.5) is 11.4 Å². The molecular formula is C37H24N2O7. The summed E-state index contributed by atoms with van der Waals surface area (Å²) in [7, 11) is 0. The Morgan fingerprint density at radius 2 is 0.826 bits per heavy atom. The number of carboxylic acids is 2. The number of rotatable bonds is 8. The van der Waals surface area contributed by atoms with Crippen LogP contribution in [0.5, 0.6) is 0 Å². The van der Waals surface area contributed by atoms with Gasteiger partial charge in [-0.1, -0.05) is 84.9 Å². The van der Waals surface area contributed by atoms with Crippen molar-refractivity contribution in [1.29, 1.82) is 0 Å². The van der Waals surface area contributed by atoms with E-state index in [9.17, 15) is 34.2 Å². The van der Waals surface area contributed by atoms with Crippen molar-refractivity contribution in [1.82, 2.24) is 0 Å². The molecule has 0 fully saturated rings. The number of fused-ring (bicyclic) bond motifs is 2. The lowest BCUT2D eigenvalue weighted by Crippen LogP contribution is -2.19. The van der Waals surface area contributed by atoms with Gasteiger partial charge in [-0.05, 0) is 47.2 Å². The second-order valence-electron chi connectivity index (χ2n) is 10.4. The molecule has 2 amide bonds. The number of carboxylic acid groups (broad SMARTS) is 2. The van der Waals surface area contributed by atoms with Crippen molar-refractivity contribution >= 4 is 62.5 Å². The van der Waals surface area contributed by atoms with Gasteiger partial charge in [-0.25, -0.2) is 9.59 Å². The van der Waals surface area contributed by atoms with Gasteiger partial charge in [-0.15, -0.1) is 0 Å². The lowest BCUT2D eigenvalue weighted by atomic mass is 9.95. The molecule has 6 aromatic rings. The van der Waals surface area contributed by atoms with Gasteiger partial charge in [-0.2, -0.15) is 0 Å². The molecule has 4 N–H and O–H groups in total. The fraction of sp³-hybridized carbons (Fsp3) is 0. The SMILES string of the molecule is O=C(c1ccc(C(=O)O)c(C(=O)Nc2cccc3ccccc23)c1)c1ccc(C(=O)O)c(C(=O)Nc2cccc3ccccc23)c1. The maximum Gasteiger partial charge on any atom is 0.336 e. The molecule has 0 radical (unpaired) electrons. The molecule has 0 aliphatic rings. The summed E-state index contributed by atoms with van der Waals surface area (Å²) in [5.74, 6) is -4.84. The van der Waals surface area contributed by atoms with Gasteiger partial charge in [0.15, 0.2) is 5.78 Å². The molecule has 9 nitrogen and oxygen atoms in total. The van der Waals surface area contributed by atoms with Crippen molar-refractivity contribution in [2.75, 3.05) is 10.6 Å². The molecule has 0 aromatic heterocycles. The monoisotopic (exact) mass is 608 g/mol. The molecular weight excluding hydrogens is 584 g/mol. The van der Waals surface area contributed by atoms with Crippen LogP contribution in [-0.2, 0) is 0 Å². The highest BCUT2D eigenvalue weighted by molar-refractivity contribution is 6.18. The minimum absolute atomic E-state index is 0.0310. The van der Waals surface area contributed by atoms with Gasteiger partial charge >= 0.3 is 11.9 Å². The van der Waals surface area contributed by atoms with Crippen LogP contribution in [0, 0.1) is 0 Å². The van der Waals surface area contributed by atoms with Crippen LogP contribution >= 0.6 is 0 Å². The quantitative estimate of drug-likeness (QED) is 0.134. The van der Waals surface area contributed by atoms with Crippen LogP contribution in [0.15, 0.2) is 121 Å². The molecule has 46 heavy (non-hydrogen) atoms. The number of carbonyl (C=O) groups excluding carboxylic acids is 3. The Hall–Kier alpha value is -6.61. The van der Waals surface area contributed by atoms with Gasteiger partial charge in [0.05, 0.1) is 22.3 Å². The highest BCUT2D eigenvalue weighted by atomic mass is 16.4. The number of ketones is 1. The van der Waals surface area contributed by atoms with Crippen LogP contribution in [0.1, 0.15) is 57.4 Å². The van der Waals surface area contributed by atoms with E-state index in [-0.39, 0.29) is 33.4 Å². The molecule has 9 heteroatoms. The standard InChI is InChI=1S/C37H24N2O7/c40-33(23-15-17-27(36(43)44)29(19-23)34(41)38-31-13-5-9-21-7-1-3-11-25(21)31)24-16-18-28(37(45)46)30(20-24)35(42)39-32-14-6-10-22-8-2-4-12-26(22)32/h1-20H,(H,38,41)(H,39,42)(H,43,44)(H,45,46). The van der Waals surface area contributed by atoms with Gasteiger partial charge < -0.3 is 20.8 Å². The first-order chi connectivity index (χ1) is 22.2. The number of aromatic carboxylic acids is 2. The maximum absolute atomic E-state index is 13.7. The summed E-state index contributed by atoms with van der Waals surface area (Å²) < 4.78 is 0. The number of carbonyl (C=O) groups is 5. The predicted octanol–water partition coefficient (Wildman–Crippen LogP) is 7.13. The molecule has 0 atom stereocenters. The van der Waals surface area contributed by atoms with E-state index in [4.69, 9.17) is 0 Å². The summed E-state index contributed by atoms with van der Waals surface area (Å²) in [4.78, 5) is 64.6. The third-order valence-corrected chi connectivity index (χ3v) is 7.59. The number of nitrogens with one attached hydrogen (secondary N) is 2. The minimum atomic E-state index is -1.36. The Kier molecular flexibility index (Phi) is 7.80. The third-order valence-electron chi connectivity index (χ3n) is 7.59. The zero-order valence-corrected chi connectivity index (χ0v) is 24.0. The number of hydrogen-bond acceptors (Lipinski definition) is 5. The van der Waals surface area contributed by atoms with E-state index in [0.717, 1.165) is 33.7 Å². The summed E-state index contributed by atoms with van der Waals surface area (Å²) in [6, 6.07) is 32.5. The van der Waals surface area contributed by atoms with E-state index < -0.39 is 29.5 Å². The number of hydrogen-bond donors (Lipinski definition) is 4. The minimum Gasteiger partial charge on any atom is -0.478 e. The summed E-state index contributed by atoms with van der Waals surface area (Å²) in [6.45, 7) is 0. The summed E-state index contributed by atoms with van der Waals surface area (Å²) in [5, 5.41) is 28.3. The molecule has 0 unspecified atom stereocenters. The van der Waals surface area contributed by atoms with Gasteiger partial charge in [0.25, 0.3) is 11.8 Å². The third kappa shape index (κ3) is 5.68. The van der Waals surface area contributed by atoms with E-state index in [0.29, 0.717) is 11.4 Å². The van der Waals surface area contributed by atoms with E-state index in [1.54, 1.807) is 24.3 Å². The van der Waals surface area contributed by atoms with Crippen molar-refractivity contribution in [2.24, 2.45) is 0 Å². The van der Waals surface area contributed by atoms with Crippen molar-refractivity contribution < 1.29 is 34.2 Å². The number of amides is 2. The van der Waals surface area contributed by atoms with Gasteiger partial charge in [-0.3, -0.25) is 14.4 Å². The lowest BCUT2D eigenvalue weighted by Gasteiger charge is -2.13. The first kappa shape index (κ1) is 29.5. The maximum atomic E-state index is 13.7. The molecule has 6 rings (SSSR count). The largest absolute Gasteiger partial charge is 0.478 e. The first-order valence-electron chi connectivity index (χ1n) is 14.1. The van der Waals surface area contributed by atoms with Crippen molar-refractivity contribution in [3.63, 3.8) is 0 Å². The Morgan fingerprint density at radius 3 is 1.24 bits per heavy atom. The second kappa shape index (κ2) is 12.2. The Balaban J connectivity index is 1.34. The second-order valence-corrected chi connectivity index (χ2v) is 10.4. The van der Waals surface area contributed by atoms with Crippen LogP contribution < -0.4 is 10.6 Å². The Morgan fingerprint density at radius 1 is 0.435 bits per heavy atom. The average molecular weight is 609 g/mol. The normalized spacial score (nSPS) is 10.8. The molecule has 0 saturated heterocycles. The van der Waals surface area contributed by atoms with Crippen molar-refractivity contribution in [3.8, 4) is 0 Å². The fourth-order valence-corrected chi connectivity index (χ4v) is 5.33. The summed E-state index contributed by atoms with van der Waals surface area (Å²) in [5.41, 5.74) is -0.265. The zero-order valence-electron chi connectivity index (χ0n) is 24.0. The molecule has 0 heterocycles. The average Bonchev–Trinajstić information content (AvgIpc) is 3.07. The van der Waals surface area contributed by atoms with E-state index in [1.807, 2.05) is 60.7 Å². The molecule has 0 bridgehead atoms. The first-order valence-corrected chi connectivity index (χ1v) is 14.1. The van der Waals surface area contributed by atoms with Gasteiger partial charge in [0.1, 0.15) is 0 Å². The number of anilines is 2. The molecule has 0 spiro atoms. The topological polar surface area (TPSA) is 150 Å². The zero-order chi connectivity index (χ0) is 32.4. The molecule has 0 aliphatic heterocycles. The van der Waals surface area contributed by atoms with Crippen LogP contribution in [-0.4, -0.2) is 39.7 Å². The van der Waals surface area contributed by atoms with Crippen molar-refractivity contribution in [2.45, 2.75) is 0 Å². The predicted molar refractivity (Wildman–Crippen MR) is 174 cm³/mol. The fourth-order valence-electron chi connectivity index (χ4n) is 5.33. The van der Waals surface area contributed by atoms with E-state index >= 15 is 0 Å². The molecule has 6 aromatic carbocycles. The van der Waals surface area contributed by atoms with Crippen LogP contribution in [0.3, 0.4) is 0 Å². The van der Waals surface area contributed by atoms with Gasteiger partial charge in [0, 0.05) is 33.3 Å². The molecule has 0 aliphatic carbocycles.